The molecule has 1 aliphatic rings. The number of anilines is 1. The van der Waals surface area contributed by atoms with Gasteiger partial charge in [0.05, 0.1) is 5.52 Å². The van der Waals surface area contributed by atoms with E-state index in [-0.39, 0.29) is 18.3 Å². The second-order valence-corrected chi connectivity index (χ2v) is 7.86. The number of hydrogen-bond donors (Lipinski definition) is 2. The topological polar surface area (TPSA) is 48.4 Å². The third kappa shape index (κ3) is 4.92. The summed E-state index contributed by atoms with van der Waals surface area (Å²) in [6.07, 6.45) is 3.05. The lowest BCUT2D eigenvalue weighted by atomic mass is 9.98. The molecule has 4 rings (SSSR count). The van der Waals surface area contributed by atoms with Gasteiger partial charge in [0.2, 0.25) is 0 Å². The van der Waals surface area contributed by atoms with Crippen LogP contribution in [0.15, 0.2) is 54.6 Å². The van der Waals surface area contributed by atoms with Crippen molar-refractivity contribution in [3.63, 3.8) is 0 Å². The molecular weight excluding hydrogens is 365 g/mol. The molecule has 0 saturated carbocycles. The number of aliphatic hydroxyl groups is 1. The summed E-state index contributed by atoms with van der Waals surface area (Å²) in [5, 5.41) is 14.1. The summed E-state index contributed by atoms with van der Waals surface area (Å²) in [7, 11) is 0. The molecule has 1 aliphatic heterocycles. The van der Waals surface area contributed by atoms with Crippen LogP contribution < -0.4 is 10.2 Å². The maximum absolute atomic E-state index is 13.7. The van der Waals surface area contributed by atoms with Gasteiger partial charge in [0, 0.05) is 43.3 Å². The molecule has 2 heterocycles. The van der Waals surface area contributed by atoms with Crippen molar-refractivity contribution >= 4 is 16.7 Å². The van der Waals surface area contributed by atoms with Crippen molar-refractivity contribution in [2.24, 2.45) is 5.92 Å². The molecule has 1 aromatic heterocycles. The van der Waals surface area contributed by atoms with Gasteiger partial charge in [-0.05, 0) is 55.5 Å². The third-order valence-corrected chi connectivity index (χ3v) is 5.66. The number of nitrogens with one attached hydrogen (secondary N) is 1. The van der Waals surface area contributed by atoms with Gasteiger partial charge in [-0.25, -0.2) is 9.37 Å². The summed E-state index contributed by atoms with van der Waals surface area (Å²) in [6.45, 7) is 3.50. The number of fused-ring (bicyclic) bond motifs is 1. The maximum atomic E-state index is 13.7. The predicted molar refractivity (Wildman–Crippen MR) is 116 cm³/mol. The van der Waals surface area contributed by atoms with Crippen LogP contribution in [0, 0.1) is 11.7 Å². The number of benzene rings is 2. The van der Waals surface area contributed by atoms with Crippen molar-refractivity contribution in [1.29, 1.82) is 0 Å². The molecule has 1 fully saturated rings. The van der Waals surface area contributed by atoms with Gasteiger partial charge in [-0.15, -0.1) is 0 Å². The summed E-state index contributed by atoms with van der Waals surface area (Å²) in [5.74, 6) is 0.915. The summed E-state index contributed by atoms with van der Waals surface area (Å²) >= 11 is 0. The first kappa shape index (κ1) is 19.8. The zero-order chi connectivity index (χ0) is 20.1. The van der Waals surface area contributed by atoms with Crippen LogP contribution in [-0.2, 0) is 13.0 Å². The first-order valence-corrected chi connectivity index (χ1v) is 10.4. The molecule has 0 bridgehead atoms. The van der Waals surface area contributed by atoms with Crippen molar-refractivity contribution in [3.8, 4) is 0 Å². The number of aromatic nitrogens is 1. The highest BCUT2D eigenvalue weighted by atomic mass is 19.1. The molecule has 0 radical (unpaired) electrons. The van der Waals surface area contributed by atoms with E-state index >= 15 is 0 Å². The number of aliphatic hydroxyl groups excluding tert-OH is 1. The van der Waals surface area contributed by atoms with Crippen LogP contribution >= 0.6 is 0 Å². The Morgan fingerprint density at radius 1 is 1.14 bits per heavy atom. The van der Waals surface area contributed by atoms with Crippen molar-refractivity contribution in [2.45, 2.75) is 25.8 Å². The highest BCUT2D eigenvalue weighted by Crippen LogP contribution is 2.28. The zero-order valence-corrected chi connectivity index (χ0v) is 16.6. The molecule has 4 nitrogen and oxygen atoms in total. The number of pyridine rings is 1. The van der Waals surface area contributed by atoms with E-state index in [0.717, 1.165) is 55.7 Å². The molecule has 3 aromatic rings. The lowest BCUT2D eigenvalue weighted by Crippen LogP contribution is -2.38. The molecule has 1 atom stereocenters. The fraction of sp³-hybridized carbons (Fsp3) is 0.375. The fourth-order valence-corrected chi connectivity index (χ4v) is 4.08. The van der Waals surface area contributed by atoms with Crippen molar-refractivity contribution in [2.75, 3.05) is 31.1 Å². The van der Waals surface area contributed by atoms with Gasteiger partial charge in [-0.2, -0.15) is 0 Å². The summed E-state index contributed by atoms with van der Waals surface area (Å²) in [4.78, 5) is 7.08. The highest BCUT2D eigenvalue weighted by molar-refractivity contribution is 5.82. The van der Waals surface area contributed by atoms with E-state index in [0.29, 0.717) is 12.1 Å². The molecule has 29 heavy (non-hydrogen) atoms. The Hall–Kier alpha value is -2.50. The van der Waals surface area contributed by atoms with E-state index < -0.39 is 0 Å². The third-order valence-electron chi connectivity index (χ3n) is 5.66. The van der Waals surface area contributed by atoms with Gasteiger partial charge in [0.1, 0.15) is 11.6 Å². The highest BCUT2D eigenvalue weighted by Gasteiger charge is 2.22. The Kier molecular flexibility index (Phi) is 6.37. The van der Waals surface area contributed by atoms with E-state index in [1.807, 2.05) is 6.07 Å². The zero-order valence-electron chi connectivity index (χ0n) is 16.6. The molecule has 152 valence electrons. The van der Waals surface area contributed by atoms with E-state index in [9.17, 15) is 9.50 Å². The van der Waals surface area contributed by atoms with Crippen molar-refractivity contribution in [3.05, 3.63) is 71.5 Å². The van der Waals surface area contributed by atoms with Crippen LogP contribution in [0.5, 0.6) is 0 Å². The number of piperidine rings is 1. The van der Waals surface area contributed by atoms with Gasteiger partial charge in [-0.1, -0.05) is 30.3 Å². The Labute approximate surface area is 171 Å². The summed E-state index contributed by atoms with van der Waals surface area (Å²) in [6, 6.07) is 17.3. The maximum Gasteiger partial charge on any atom is 0.133 e. The molecule has 2 aromatic carbocycles. The second kappa shape index (κ2) is 9.33. The number of halogens is 1. The van der Waals surface area contributed by atoms with E-state index in [1.54, 1.807) is 6.07 Å². The quantitative estimate of drug-likeness (QED) is 0.598. The summed E-state index contributed by atoms with van der Waals surface area (Å²) in [5.41, 5.74) is 3.11. The average Bonchev–Trinajstić information content (AvgIpc) is 2.77. The van der Waals surface area contributed by atoms with Crippen LogP contribution in [-0.4, -0.2) is 36.3 Å². The number of hydrogen-bond acceptors (Lipinski definition) is 4. The van der Waals surface area contributed by atoms with Crippen LogP contribution in [0.2, 0.25) is 0 Å². The molecule has 0 spiro atoms. The standard InChI is InChI=1S/C24H28FN3O/c25-22-9-8-20-13-21(15-26-11-10-18-5-2-1-3-6-18)24(27-23(20)14-22)28-12-4-7-19(16-28)17-29/h1-3,5-6,8-9,13-14,19,26,29H,4,7,10-12,15-17H2. The second-order valence-electron chi connectivity index (χ2n) is 7.86. The van der Waals surface area contributed by atoms with Gasteiger partial charge in [0.15, 0.2) is 0 Å². The SMILES string of the molecule is OCC1CCCN(c2nc3cc(F)ccc3cc2CNCCc2ccccc2)C1. The number of nitrogens with zero attached hydrogens (tertiary/aromatic N) is 2. The van der Waals surface area contributed by atoms with Gasteiger partial charge >= 0.3 is 0 Å². The normalized spacial score (nSPS) is 17.0. The van der Waals surface area contributed by atoms with Crippen LogP contribution in [0.25, 0.3) is 10.9 Å². The van der Waals surface area contributed by atoms with Crippen molar-refractivity contribution < 1.29 is 9.50 Å². The van der Waals surface area contributed by atoms with Gasteiger partial charge in [-0.3, -0.25) is 0 Å². The predicted octanol–water partition coefficient (Wildman–Crippen LogP) is 3.91. The minimum absolute atomic E-state index is 0.198. The monoisotopic (exact) mass is 393 g/mol. The molecular formula is C24H28FN3O. The van der Waals surface area contributed by atoms with Gasteiger partial charge in [0.25, 0.3) is 0 Å². The summed E-state index contributed by atoms with van der Waals surface area (Å²) < 4.78 is 13.7. The Balaban J connectivity index is 1.54. The van der Waals surface area contributed by atoms with Crippen molar-refractivity contribution in [1.82, 2.24) is 10.3 Å². The average molecular weight is 394 g/mol. The van der Waals surface area contributed by atoms with Crippen LogP contribution in [0.1, 0.15) is 24.0 Å². The Morgan fingerprint density at radius 3 is 2.83 bits per heavy atom. The molecule has 5 heteroatoms. The lowest BCUT2D eigenvalue weighted by molar-refractivity contribution is 0.208. The van der Waals surface area contributed by atoms with Crippen LogP contribution in [0.4, 0.5) is 10.2 Å². The molecule has 0 amide bonds. The molecule has 0 aliphatic carbocycles. The first-order chi connectivity index (χ1) is 14.2. The molecule has 2 N–H and O–H groups in total. The fourth-order valence-electron chi connectivity index (χ4n) is 4.08. The molecule has 1 unspecified atom stereocenters. The Morgan fingerprint density at radius 2 is 2.00 bits per heavy atom. The lowest BCUT2D eigenvalue weighted by Gasteiger charge is -2.34. The smallest absolute Gasteiger partial charge is 0.133 e. The number of rotatable bonds is 7. The minimum atomic E-state index is -0.267. The van der Waals surface area contributed by atoms with E-state index in [4.69, 9.17) is 4.98 Å². The van der Waals surface area contributed by atoms with Gasteiger partial charge < -0.3 is 15.3 Å². The van der Waals surface area contributed by atoms with E-state index in [2.05, 4.69) is 40.5 Å². The molecule has 1 saturated heterocycles. The van der Waals surface area contributed by atoms with E-state index in [1.165, 1.54) is 17.7 Å². The van der Waals surface area contributed by atoms with Crippen LogP contribution in [0.3, 0.4) is 0 Å². The Bertz CT molecular complexity index is 948. The first-order valence-electron chi connectivity index (χ1n) is 10.4. The largest absolute Gasteiger partial charge is 0.396 e. The minimum Gasteiger partial charge on any atom is -0.396 e.